The molecule has 0 aliphatic carbocycles. The third-order valence-corrected chi connectivity index (χ3v) is 4.93. The number of nitrogens with zero attached hydrogens (tertiary/aromatic N) is 3. The molecule has 27 heavy (non-hydrogen) atoms. The van der Waals surface area contributed by atoms with Gasteiger partial charge in [-0.3, -0.25) is 4.79 Å². The third-order valence-electron chi connectivity index (χ3n) is 4.93. The number of amides is 1. The Bertz CT molecular complexity index is 909. The number of para-hydroxylation sites is 1. The maximum atomic E-state index is 12.4. The van der Waals surface area contributed by atoms with Crippen molar-refractivity contribution in [3.63, 3.8) is 0 Å². The van der Waals surface area contributed by atoms with Gasteiger partial charge in [-0.1, -0.05) is 30.3 Å². The van der Waals surface area contributed by atoms with E-state index in [1.54, 1.807) is 0 Å². The SMILES string of the molecule is CN(CC(=O)Nc1cccc(-c2cn3c(n2)CCCC3)c1)c1ccccc1. The molecule has 0 saturated heterocycles. The first kappa shape index (κ1) is 17.3. The lowest BCUT2D eigenvalue weighted by Crippen LogP contribution is -2.29. The van der Waals surface area contributed by atoms with Crippen molar-refractivity contribution in [2.75, 3.05) is 23.8 Å². The summed E-state index contributed by atoms with van der Waals surface area (Å²) in [7, 11) is 1.92. The number of fused-ring (bicyclic) bond motifs is 1. The van der Waals surface area contributed by atoms with Gasteiger partial charge in [-0.25, -0.2) is 4.98 Å². The molecule has 2 heterocycles. The maximum Gasteiger partial charge on any atom is 0.243 e. The fourth-order valence-electron chi connectivity index (χ4n) is 3.50. The van der Waals surface area contributed by atoms with E-state index in [9.17, 15) is 4.79 Å². The lowest BCUT2D eigenvalue weighted by atomic mass is 10.1. The van der Waals surface area contributed by atoms with Crippen molar-refractivity contribution in [2.24, 2.45) is 0 Å². The molecule has 1 N–H and O–H groups in total. The molecule has 0 spiro atoms. The van der Waals surface area contributed by atoms with Gasteiger partial charge in [0.15, 0.2) is 0 Å². The molecule has 5 heteroatoms. The number of hydrogen-bond acceptors (Lipinski definition) is 3. The first-order valence-electron chi connectivity index (χ1n) is 9.41. The highest BCUT2D eigenvalue weighted by atomic mass is 16.2. The van der Waals surface area contributed by atoms with Crippen LogP contribution in [0, 0.1) is 0 Å². The van der Waals surface area contributed by atoms with Crippen LogP contribution in [0.15, 0.2) is 60.8 Å². The number of likely N-dealkylation sites (N-methyl/N-ethyl adjacent to an activating group) is 1. The Hall–Kier alpha value is -3.08. The molecular formula is C22H24N4O. The molecule has 4 rings (SSSR count). The van der Waals surface area contributed by atoms with E-state index in [-0.39, 0.29) is 5.91 Å². The maximum absolute atomic E-state index is 12.4. The largest absolute Gasteiger partial charge is 0.365 e. The molecule has 0 fully saturated rings. The Morgan fingerprint density at radius 1 is 1.15 bits per heavy atom. The van der Waals surface area contributed by atoms with Crippen molar-refractivity contribution in [3.8, 4) is 11.3 Å². The van der Waals surface area contributed by atoms with Crippen LogP contribution in [0.1, 0.15) is 18.7 Å². The van der Waals surface area contributed by atoms with Gasteiger partial charge in [0.1, 0.15) is 5.82 Å². The molecule has 1 aromatic heterocycles. The van der Waals surface area contributed by atoms with E-state index in [4.69, 9.17) is 4.98 Å². The summed E-state index contributed by atoms with van der Waals surface area (Å²) in [5.74, 6) is 1.12. The van der Waals surface area contributed by atoms with Crippen LogP contribution >= 0.6 is 0 Å². The summed E-state index contributed by atoms with van der Waals surface area (Å²) in [5, 5.41) is 3.00. The average Bonchev–Trinajstić information content (AvgIpc) is 3.13. The zero-order valence-corrected chi connectivity index (χ0v) is 15.6. The Morgan fingerprint density at radius 3 is 2.81 bits per heavy atom. The second-order valence-electron chi connectivity index (χ2n) is 7.01. The van der Waals surface area contributed by atoms with E-state index in [1.165, 1.54) is 12.8 Å². The van der Waals surface area contributed by atoms with Gasteiger partial charge < -0.3 is 14.8 Å². The van der Waals surface area contributed by atoms with Crippen LogP contribution in [0.4, 0.5) is 11.4 Å². The molecule has 138 valence electrons. The zero-order valence-electron chi connectivity index (χ0n) is 15.6. The molecule has 1 aliphatic heterocycles. The zero-order chi connectivity index (χ0) is 18.6. The van der Waals surface area contributed by atoms with Crippen LogP contribution in [0.5, 0.6) is 0 Å². The van der Waals surface area contributed by atoms with Crippen LogP contribution in [-0.4, -0.2) is 29.1 Å². The van der Waals surface area contributed by atoms with Crippen LogP contribution in [-0.2, 0) is 17.8 Å². The summed E-state index contributed by atoms with van der Waals surface area (Å²) in [6.07, 6.45) is 5.59. The Kier molecular flexibility index (Phi) is 4.92. The van der Waals surface area contributed by atoms with Gasteiger partial charge in [-0.2, -0.15) is 0 Å². The number of carbonyl (C=O) groups excluding carboxylic acids is 1. The fourth-order valence-corrected chi connectivity index (χ4v) is 3.50. The van der Waals surface area contributed by atoms with Gasteiger partial charge in [0.25, 0.3) is 0 Å². The topological polar surface area (TPSA) is 50.2 Å². The highest BCUT2D eigenvalue weighted by Crippen LogP contribution is 2.25. The van der Waals surface area contributed by atoms with Crippen LogP contribution < -0.4 is 10.2 Å². The van der Waals surface area contributed by atoms with Crippen LogP contribution in [0.2, 0.25) is 0 Å². The summed E-state index contributed by atoms with van der Waals surface area (Å²) in [4.78, 5) is 19.1. The van der Waals surface area contributed by atoms with E-state index < -0.39 is 0 Å². The molecule has 2 aromatic carbocycles. The Balaban J connectivity index is 1.45. The summed E-state index contributed by atoms with van der Waals surface area (Å²) < 4.78 is 2.25. The normalized spacial score (nSPS) is 13.1. The van der Waals surface area contributed by atoms with E-state index in [0.29, 0.717) is 6.54 Å². The number of benzene rings is 2. The van der Waals surface area contributed by atoms with Gasteiger partial charge in [0.05, 0.1) is 12.2 Å². The lowest BCUT2D eigenvalue weighted by molar-refractivity contribution is -0.114. The van der Waals surface area contributed by atoms with Gasteiger partial charge in [0.2, 0.25) is 5.91 Å². The van der Waals surface area contributed by atoms with Gasteiger partial charge >= 0.3 is 0 Å². The molecule has 0 atom stereocenters. The molecule has 3 aromatic rings. The molecule has 1 amide bonds. The summed E-state index contributed by atoms with van der Waals surface area (Å²) in [6, 6.07) is 17.8. The van der Waals surface area contributed by atoms with Gasteiger partial charge in [0, 0.05) is 43.1 Å². The number of carbonyl (C=O) groups is 1. The van der Waals surface area contributed by atoms with Crippen molar-refractivity contribution in [3.05, 3.63) is 66.6 Å². The van der Waals surface area contributed by atoms with E-state index in [2.05, 4.69) is 16.1 Å². The van der Waals surface area contributed by atoms with Crippen LogP contribution in [0.25, 0.3) is 11.3 Å². The van der Waals surface area contributed by atoms with E-state index in [1.807, 2.05) is 66.5 Å². The van der Waals surface area contributed by atoms with Crippen LogP contribution in [0.3, 0.4) is 0 Å². The average molecular weight is 360 g/mol. The fraction of sp³-hybridized carbons (Fsp3) is 0.273. The number of nitrogens with one attached hydrogen (secondary N) is 1. The minimum atomic E-state index is -0.0392. The summed E-state index contributed by atoms with van der Waals surface area (Å²) >= 11 is 0. The molecule has 0 radical (unpaired) electrons. The number of aromatic nitrogens is 2. The number of imidazole rings is 1. The highest BCUT2D eigenvalue weighted by molar-refractivity contribution is 5.94. The Morgan fingerprint density at radius 2 is 2.00 bits per heavy atom. The molecule has 0 unspecified atom stereocenters. The first-order chi connectivity index (χ1) is 13.2. The number of anilines is 2. The summed E-state index contributed by atoms with van der Waals surface area (Å²) in [6.45, 7) is 1.34. The standard InChI is InChI=1S/C22H24N4O/c1-25(19-10-3-2-4-11-19)16-22(27)23-18-9-7-8-17(14-18)20-15-26-13-6-5-12-21(26)24-20/h2-4,7-11,14-15H,5-6,12-13,16H2,1H3,(H,23,27). The van der Waals surface area contributed by atoms with Gasteiger partial charge in [-0.15, -0.1) is 0 Å². The minimum absolute atomic E-state index is 0.0392. The minimum Gasteiger partial charge on any atom is -0.365 e. The van der Waals surface area contributed by atoms with Crippen molar-refractivity contribution in [2.45, 2.75) is 25.8 Å². The van der Waals surface area contributed by atoms with Gasteiger partial charge in [-0.05, 0) is 37.1 Å². The smallest absolute Gasteiger partial charge is 0.243 e. The quantitative estimate of drug-likeness (QED) is 0.749. The van der Waals surface area contributed by atoms with Crippen molar-refractivity contribution in [1.82, 2.24) is 9.55 Å². The second-order valence-corrected chi connectivity index (χ2v) is 7.01. The second kappa shape index (κ2) is 7.66. The van der Waals surface area contributed by atoms with Crippen molar-refractivity contribution >= 4 is 17.3 Å². The first-order valence-corrected chi connectivity index (χ1v) is 9.41. The van der Waals surface area contributed by atoms with Crippen molar-refractivity contribution < 1.29 is 4.79 Å². The Labute approximate surface area is 159 Å². The predicted octanol–water partition coefficient (Wildman–Crippen LogP) is 3.96. The summed E-state index contributed by atoms with van der Waals surface area (Å²) in [5.41, 5.74) is 3.82. The van der Waals surface area contributed by atoms with E-state index in [0.717, 1.165) is 41.4 Å². The predicted molar refractivity (Wildman–Crippen MR) is 109 cm³/mol. The lowest BCUT2D eigenvalue weighted by Gasteiger charge is -2.18. The third kappa shape index (κ3) is 4.03. The number of aryl methyl sites for hydroxylation is 2. The van der Waals surface area contributed by atoms with E-state index >= 15 is 0 Å². The molecule has 0 bridgehead atoms. The number of hydrogen-bond donors (Lipinski definition) is 1. The van der Waals surface area contributed by atoms with Crippen molar-refractivity contribution in [1.29, 1.82) is 0 Å². The molecular weight excluding hydrogens is 336 g/mol. The highest BCUT2D eigenvalue weighted by Gasteiger charge is 2.14. The molecule has 1 aliphatic rings. The number of rotatable bonds is 5. The molecule has 5 nitrogen and oxygen atoms in total. The molecule has 0 saturated carbocycles. The monoisotopic (exact) mass is 360 g/mol.